The number of benzene rings is 1. The Bertz CT molecular complexity index is 462. The van der Waals surface area contributed by atoms with Crippen LogP contribution in [0, 0.1) is 0 Å². The predicted molar refractivity (Wildman–Crippen MR) is 81.5 cm³/mol. The fourth-order valence-corrected chi connectivity index (χ4v) is 2.94. The second-order valence-corrected chi connectivity index (χ2v) is 5.94. The first-order chi connectivity index (χ1) is 9.54. The summed E-state index contributed by atoms with van der Waals surface area (Å²) in [6.07, 6.45) is 4.17. The zero-order chi connectivity index (χ0) is 14.5. The summed E-state index contributed by atoms with van der Waals surface area (Å²) < 4.78 is 0. The highest BCUT2D eigenvalue weighted by atomic mass is 35.5. The minimum absolute atomic E-state index is 0.202. The van der Waals surface area contributed by atoms with E-state index in [2.05, 4.69) is 10.6 Å². The molecule has 1 aromatic carbocycles. The van der Waals surface area contributed by atoms with Crippen LogP contribution in [0.1, 0.15) is 32.1 Å². The standard InChI is InChI=1S/C14H18Cl2N2O2/c15-9-6-10(16)8-11(7-9)17-14(20)18-12-4-2-1-3-5-13(12)19/h6-8,12-13,19H,1-5H2,(H2,17,18,20). The summed E-state index contributed by atoms with van der Waals surface area (Å²) in [6, 6.07) is 4.29. The van der Waals surface area contributed by atoms with E-state index in [1.165, 1.54) is 0 Å². The largest absolute Gasteiger partial charge is 0.391 e. The van der Waals surface area contributed by atoms with Crippen molar-refractivity contribution in [1.82, 2.24) is 5.32 Å². The molecule has 20 heavy (non-hydrogen) atoms. The average Bonchev–Trinajstić information content (AvgIpc) is 2.53. The number of nitrogens with one attached hydrogen (secondary N) is 2. The van der Waals surface area contributed by atoms with Gasteiger partial charge >= 0.3 is 6.03 Å². The molecule has 0 radical (unpaired) electrons. The van der Waals surface area contributed by atoms with Crippen molar-refractivity contribution in [3.63, 3.8) is 0 Å². The fourth-order valence-electron chi connectivity index (χ4n) is 2.42. The minimum Gasteiger partial charge on any atom is -0.391 e. The van der Waals surface area contributed by atoms with Gasteiger partial charge in [0.15, 0.2) is 0 Å². The molecule has 0 spiro atoms. The summed E-state index contributed by atoms with van der Waals surface area (Å²) in [5.41, 5.74) is 0.531. The molecular formula is C14H18Cl2N2O2. The summed E-state index contributed by atoms with van der Waals surface area (Å²) in [5, 5.41) is 16.4. The number of hydrogen-bond acceptors (Lipinski definition) is 2. The van der Waals surface area contributed by atoms with Gasteiger partial charge in [0.2, 0.25) is 0 Å². The van der Waals surface area contributed by atoms with Gasteiger partial charge in [-0.3, -0.25) is 0 Å². The molecule has 1 aromatic rings. The van der Waals surface area contributed by atoms with Crippen molar-refractivity contribution in [1.29, 1.82) is 0 Å². The molecule has 1 fully saturated rings. The molecule has 6 heteroatoms. The third-order valence-electron chi connectivity index (χ3n) is 3.42. The molecule has 0 bridgehead atoms. The van der Waals surface area contributed by atoms with E-state index < -0.39 is 6.10 Å². The summed E-state index contributed by atoms with van der Waals surface area (Å²) >= 11 is 11.7. The lowest BCUT2D eigenvalue weighted by molar-refractivity contribution is 0.124. The van der Waals surface area contributed by atoms with Crippen LogP contribution in [0.15, 0.2) is 18.2 Å². The van der Waals surface area contributed by atoms with E-state index in [9.17, 15) is 9.90 Å². The Morgan fingerprint density at radius 3 is 2.45 bits per heavy atom. The Kier molecular flexibility index (Phi) is 5.52. The van der Waals surface area contributed by atoms with Gasteiger partial charge < -0.3 is 15.7 Å². The highest BCUT2D eigenvalue weighted by molar-refractivity contribution is 6.35. The van der Waals surface area contributed by atoms with Crippen LogP contribution in [-0.2, 0) is 0 Å². The van der Waals surface area contributed by atoms with Crippen molar-refractivity contribution in [2.75, 3.05) is 5.32 Å². The molecule has 3 N–H and O–H groups in total. The third kappa shape index (κ3) is 4.54. The van der Waals surface area contributed by atoms with Gasteiger partial charge in [-0.05, 0) is 31.0 Å². The van der Waals surface area contributed by atoms with E-state index in [0.717, 1.165) is 32.1 Å². The SMILES string of the molecule is O=C(Nc1cc(Cl)cc(Cl)c1)NC1CCCCCC1O. The zero-order valence-electron chi connectivity index (χ0n) is 11.0. The highest BCUT2D eigenvalue weighted by Gasteiger charge is 2.23. The molecule has 0 aromatic heterocycles. The van der Waals surface area contributed by atoms with Gasteiger partial charge in [-0.25, -0.2) is 4.79 Å². The predicted octanol–water partition coefficient (Wildman–Crippen LogP) is 3.81. The first kappa shape index (κ1) is 15.4. The molecule has 1 aliphatic carbocycles. The average molecular weight is 317 g/mol. The van der Waals surface area contributed by atoms with Crippen LogP contribution >= 0.6 is 23.2 Å². The van der Waals surface area contributed by atoms with Crippen LogP contribution in [0.25, 0.3) is 0 Å². The van der Waals surface area contributed by atoms with Crippen molar-refractivity contribution in [2.24, 2.45) is 0 Å². The smallest absolute Gasteiger partial charge is 0.319 e. The number of aliphatic hydroxyl groups is 1. The van der Waals surface area contributed by atoms with Gasteiger partial charge in [0, 0.05) is 15.7 Å². The molecule has 0 saturated heterocycles. The number of anilines is 1. The van der Waals surface area contributed by atoms with E-state index in [1.807, 2.05) is 0 Å². The van der Waals surface area contributed by atoms with Crippen LogP contribution in [0.3, 0.4) is 0 Å². The first-order valence-electron chi connectivity index (χ1n) is 6.76. The monoisotopic (exact) mass is 316 g/mol. The van der Waals surface area contributed by atoms with Gasteiger partial charge in [0.05, 0.1) is 12.1 Å². The number of hydrogen-bond donors (Lipinski definition) is 3. The fraction of sp³-hybridized carbons (Fsp3) is 0.500. The van der Waals surface area contributed by atoms with Crippen molar-refractivity contribution in [3.05, 3.63) is 28.2 Å². The lowest BCUT2D eigenvalue weighted by Gasteiger charge is -2.22. The van der Waals surface area contributed by atoms with Crippen molar-refractivity contribution >= 4 is 34.9 Å². The molecular weight excluding hydrogens is 299 g/mol. The van der Waals surface area contributed by atoms with Gasteiger partial charge in [0.1, 0.15) is 0 Å². The number of halogens is 2. The van der Waals surface area contributed by atoms with E-state index in [4.69, 9.17) is 23.2 Å². The van der Waals surface area contributed by atoms with E-state index in [1.54, 1.807) is 18.2 Å². The Labute approximate surface area is 128 Å². The molecule has 1 saturated carbocycles. The lowest BCUT2D eigenvalue weighted by Crippen LogP contribution is -2.44. The van der Waals surface area contributed by atoms with Crippen LogP contribution in [0.5, 0.6) is 0 Å². The molecule has 2 atom stereocenters. The van der Waals surface area contributed by atoms with Crippen molar-refractivity contribution < 1.29 is 9.90 Å². The molecule has 4 nitrogen and oxygen atoms in total. The maximum absolute atomic E-state index is 11.9. The van der Waals surface area contributed by atoms with Gasteiger partial charge in [-0.15, -0.1) is 0 Å². The Morgan fingerprint density at radius 1 is 1.10 bits per heavy atom. The summed E-state index contributed by atoms with van der Waals surface area (Å²) in [4.78, 5) is 11.9. The summed E-state index contributed by atoms with van der Waals surface area (Å²) in [6.45, 7) is 0. The normalized spacial score (nSPS) is 22.9. The molecule has 0 aliphatic heterocycles. The molecule has 2 amide bonds. The summed E-state index contributed by atoms with van der Waals surface area (Å²) in [5.74, 6) is 0. The Morgan fingerprint density at radius 2 is 1.75 bits per heavy atom. The van der Waals surface area contributed by atoms with Crippen molar-refractivity contribution in [2.45, 2.75) is 44.2 Å². The van der Waals surface area contributed by atoms with E-state index in [0.29, 0.717) is 15.7 Å². The van der Waals surface area contributed by atoms with Crippen LogP contribution < -0.4 is 10.6 Å². The van der Waals surface area contributed by atoms with E-state index >= 15 is 0 Å². The summed E-state index contributed by atoms with van der Waals surface area (Å²) in [7, 11) is 0. The number of carbonyl (C=O) groups excluding carboxylic acids is 1. The highest BCUT2D eigenvalue weighted by Crippen LogP contribution is 2.23. The Balaban J connectivity index is 1.94. The Hall–Kier alpha value is -0.970. The quantitative estimate of drug-likeness (QED) is 0.726. The lowest BCUT2D eigenvalue weighted by atomic mass is 10.1. The zero-order valence-corrected chi connectivity index (χ0v) is 12.5. The van der Waals surface area contributed by atoms with Crippen LogP contribution in [0.4, 0.5) is 10.5 Å². The maximum Gasteiger partial charge on any atom is 0.319 e. The number of amides is 2. The molecule has 110 valence electrons. The third-order valence-corrected chi connectivity index (χ3v) is 3.85. The number of aliphatic hydroxyl groups excluding tert-OH is 1. The number of urea groups is 1. The maximum atomic E-state index is 11.9. The van der Waals surface area contributed by atoms with Gasteiger partial charge in [0.25, 0.3) is 0 Å². The van der Waals surface area contributed by atoms with Gasteiger partial charge in [-0.2, -0.15) is 0 Å². The molecule has 2 rings (SSSR count). The van der Waals surface area contributed by atoms with Gasteiger partial charge in [-0.1, -0.05) is 42.5 Å². The van der Waals surface area contributed by atoms with E-state index in [-0.39, 0.29) is 12.1 Å². The first-order valence-corrected chi connectivity index (χ1v) is 7.52. The second-order valence-electron chi connectivity index (χ2n) is 5.07. The minimum atomic E-state index is -0.480. The number of rotatable bonds is 2. The van der Waals surface area contributed by atoms with Crippen molar-refractivity contribution in [3.8, 4) is 0 Å². The van der Waals surface area contributed by atoms with Crippen LogP contribution in [0.2, 0.25) is 10.0 Å². The van der Waals surface area contributed by atoms with Crippen LogP contribution in [-0.4, -0.2) is 23.3 Å². The topological polar surface area (TPSA) is 61.4 Å². The second kappa shape index (κ2) is 7.16. The molecule has 0 heterocycles. The molecule has 2 unspecified atom stereocenters. The molecule has 1 aliphatic rings. The number of carbonyl (C=O) groups is 1.